The van der Waals surface area contributed by atoms with Gasteiger partial charge in [-0.1, -0.05) is 13.8 Å². The number of anilines is 1. The Morgan fingerprint density at radius 2 is 2.10 bits per heavy atom. The van der Waals surface area contributed by atoms with Crippen molar-refractivity contribution in [2.45, 2.75) is 32.8 Å². The molecule has 1 N–H and O–H groups in total. The van der Waals surface area contributed by atoms with E-state index in [0.717, 1.165) is 31.6 Å². The summed E-state index contributed by atoms with van der Waals surface area (Å²) < 4.78 is 5.49. The molecule has 0 amide bonds. The lowest BCUT2D eigenvalue weighted by Gasteiger charge is -2.32. The fourth-order valence-electron chi connectivity index (χ4n) is 2.17. The standard InChI is InChI=1S/C12H17N3O4.C2H6/c16-7-8-19-11-3-5-14(6-4-11)10-1-2-12(13-9-10)15(17)18;1-2/h1-2,9,11,16H,3-8H2;1-2H3. The number of nitrogens with zero attached hydrogens (tertiary/aromatic N) is 3. The quantitative estimate of drug-likeness (QED) is 0.660. The van der Waals surface area contributed by atoms with E-state index in [1.54, 1.807) is 6.07 Å². The van der Waals surface area contributed by atoms with E-state index in [1.807, 2.05) is 13.8 Å². The number of hydrogen-bond donors (Lipinski definition) is 1. The molecule has 2 heterocycles. The monoisotopic (exact) mass is 297 g/mol. The molecule has 0 aliphatic carbocycles. The molecular weight excluding hydrogens is 274 g/mol. The average Bonchev–Trinajstić information content (AvgIpc) is 2.55. The van der Waals surface area contributed by atoms with Gasteiger partial charge in [-0.2, -0.15) is 0 Å². The van der Waals surface area contributed by atoms with Crippen LogP contribution in [0.25, 0.3) is 0 Å². The Morgan fingerprint density at radius 3 is 2.57 bits per heavy atom. The lowest BCUT2D eigenvalue weighted by atomic mass is 10.1. The number of ether oxygens (including phenoxy) is 1. The van der Waals surface area contributed by atoms with Crippen LogP contribution in [0, 0.1) is 10.1 Å². The van der Waals surface area contributed by atoms with E-state index in [1.165, 1.54) is 12.3 Å². The zero-order valence-corrected chi connectivity index (χ0v) is 12.6. The maximum Gasteiger partial charge on any atom is 0.363 e. The number of rotatable bonds is 5. The van der Waals surface area contributed by atoms with Crippen LogP contribution in [0.5, 0.6) is 0 Å². The Balaban J connectivity index is 0.00000106. The van der Waals surface area contributed by atoms with Crippen LogP contribution < -0.4 is 4.90 Å². The van der Waals surface area contributed by atoms with Crippen molar-refractivity contribution in [3.63, 3.8) is 0 Å². The van der Waals surface area contributed by atoms with Crippen LogP contribution >= 0.6 is 0 Å². The summed E-state index contributed by atoms with van der Waals surface area (Å²) in [5, 5.41) is 19.2. The summed E-state index contributed by atoms with van der Waals surface area (Å²) in [6.45, 7) is 6.08. The zero-order valence-electron chi connectivity index (χ0n) is 12.6. The second kappa shape index (κ2) is 9.25. The highest BCUT2D eigenvalue weighted by atomic mass is 16.6. The van der Waals surface area contributed by atoms with E-state index < -0.39 is 4.92 Å². The van der Waals surface area contributed by atoms with Gasteiger partial charge in [-0.15, -0.1) is 0 Å². The molecule has 7 heteroatoms. The van der Waals surface area contributed by atoms with Crippen molar-refractivity contribution in [2.24, 2.45) is 0 Å². The number of piperidine rings is 1. The van der Waals surface area contributed by atoms with Crippen LogP contribution in [0.15, 0.2) is 18.3 Å². The molecule has 1 fully saturated rings. The first-order chi connectivity index (χ1) is 10.2. The highest BCUT2D eigenvalue weighted by Crippen LogP contribution is 2.22. The first kappa shape index (κ1) is 17.3. The first-order valence-corrected chi connectivity index (χ1v) is 7.28. The van der Waals surface area contributed by atoms with Crippen LogP contribution in [0.4, 0.5) is 11.5 Å². The van der Waals surface area contributed by atoms with Crippen molar-refractivity contribution in [3.8, 4) is 0 Å². The Kier molecular flexibility index (Phi) is 7.63. The fourth-order valence-corrected chi connectivity index (χ4v) is 2.17. The summed E-state index contributed by atoms with van der Waals surface area (Å²) in [6, 6.07) is 3.14. The van der Waals surface area contributed by atoms with Crippen LogP contribution in [0.3, 0.4) is 0 Å². The number of aliphatic hydroxyl groups excluding tert-OH is 1. The maximum absolute atomic E-state index is 10.5. The Bertz CT molecular complexity index is 417. The molecule has 7 nitrogen and oxygen atoms in total. The minimum absolute atomic E-state index is 0.0481. The van der Waals surface area contributed by atoms with Crippen molar-refractivity contribution in [3.05, 3.63) is 28.4 Å². The van der Waals surface area contributed by atoms with Crippen molar-refractivity contribution in [1.29, 1.82) is 0 Å². The van der Waals surface area contributed by atoms with Gasteiger partial charge in [0.15, 0.2) is 6.20 Å². The second-order valence-electron chi connectivity index (χ2n) is 4.41. The largest absolute Gasteiger partial charge is 0.394 e. The van der Waals surface area contributed by atoms with Crippen LogP contribution in [-0.2, 0) is 4.74 Å². The lowest BCUT2D eigenvalue weighted by Crippen LogP contribution is -2.37. The van der Waals surface area contributed by atoms with Gasteiger partial charge in [0.2, 0.25) is 0 Å². The van der Waals surface area contributed by atoms with Gasteiger partial charge in [0.05, 0.1) is 25.0 Å². The predicted molar refractivity (Wildman–Crippen MR) is 80.5 cm³/mol. The van der Waals surface area contributed by atoms with E-state index in [4.69, 9.17) is 9.84 Å². The second-order valence-corrected chi connectivity index (χ2v) is 4.41. The minimum atomic E-state index is -0.501. The SMILES string of the molecule is CC.O=[N+]([O-])c1ccc(N2CCC(OCCO)CC2)cn1. The van der Waals surface area contributed by atoms with E-state index in [-0.39, 0.29) is 18.5 Å². The van der Waals surface area contributed by atoms with Crippen molar-refractivity contribution in [1.82, 2.24) is 4.98 Å². The highest BCUT2D eigenvalue weighted by Gasteiger charge is 2.21. The van der Waals surface area contributed by atoms with Crippen molar-refractivity contribution >= 4 is 11.5 Å². The molecule has 0 spiro atoms. The normalized spacial score (nSPS) is 15.3. The fraction of sp³-hybridized carbons (Fsp3) is 0.643. The number of hydrogen-bond acceptors (Lipinski definition) is 6. The van der Waals surface area contributed by atoms with Crippen LogP contribution in [0.1, 0.15) is 26.7 Å². The lowest BCUT2D eigenvalue weighted by molar-refractivity contribution is -0.389. The molecule has 21 heavy (non-hydrogen) atoms. The molecule has 1 aromatic rings. The first-order valence-electron chi connectivity index (χ1n) is 7.28. The molecule has 0 saturated carbocycles. The van der Waals surface area contributed by atoms with Crippen LogP contribution in [0.2, 0.25) is 0 Å². The number of aliphatic hydroxyl groups is 1. The molecule has 0 atom stereocenters. The molecular formula is C14H23N3O4. The topological polar surface area (TPSA) is 88.7 Å². The predicted octanol–water partition coefficient (Wildman–Crippen LogP) is 1.99. The molecule has 1 aromatic heterocycles. The van der Waals surface area contributed by atoms with Gasteiger partial charge in [0, 0.05) is 19.2 Å². The van der Waals surface area contributed by atoms with Gasteiger partial charge in [-0.25, -0.2) is 0 Å². The third kappa shape index (κ3) is 5.28. The van der Waals surface area contributed by atoms with Gasteiger partial charge in [0.25, 0.3) is 0 Å². The maximum atomic E-state index is 10.5. The summed E-state index contributed by atoms with van der Waals surface area (Å²) in [5.74, 6) is -0.134. The molecule has 2 rings (SSSR count). The van der Waals surface area contributed by atoms with Gasteiger partial charge >= 0.3 is 5.82 Å². The number of nitro groups is 1. The van der Waals surface area contributed by atoms with E-state index in [0.29, 0.717) is 6.61 Å². The Hall–Kier alpha value is -1.73. The minimum Gasteiger partial charge on any atom is -0.394 e. The Morgan fingerprint density at radius 1 is 1.43 bits per heavy atom. The summed E-state index contributed by atoms with van der Waals surface area (Å²) in [5.41, 5.74) is 0.895. The molecule has 0 radical (unpaired) electrons. The molecule has 0 unspecified atom stereocenters. The highest BCUT2D eigenvalue weighted by molar-refractivity contribution is 5.46. The molecule has 1 aliphatic rings. The van der Waals surface area contributed by atoms with Gasteiger partial charge in [0.1, 0.15) is 0 Å². The number of pyridine rings is 1. The summed E-state index contributed by atoms with van der Waals surface area (Å²) in [7, 11) is 0. The van der Waals surface area contributed by atoms with Crippen molar-refractivity contribution in [2.75, 3.05) is 31.2 Å². The van der Waals surface area contributed by atoms with Gasteiger partial charge < -0.3 is 24.9 Å². The zero-order chi connectivity index (χ0) is 15.7. The molecule has 118 valence electrons. The van der Waals surface area contributed by atoms with Gasteiger partial charge in [-0.05, 0) is 28.8 Å². The van der Waals surface area contributed by atoms with E-state index in [9.17, 15) is 10.1 Å². The summed E-state index contributed by atoms with van der Waals surface area (Å²) in [4.78, 5) is 16.0. The van der Waals surface area contributed by atoms with Gasteiger partial charge in [-0.3, -0.25) is 0 Å². The third-order valence-electron chi connectivity index (χ3n) is 3.17. The molecule has 1 saturated heterocycles. The van der Waals surface area contributed by atoms with Crippen molar-refractivity contribution < 1.29 is 14.8 Å². The summed E-state index contributed by atoms with van der Waals surface area (Å²) in [6.07, 6.45) is 3.50. The van der Waals surface area contributed by atoms with E-state index in [2.05, 4.69) is 9.88 Å². The molecule has 0 bridgehead atoms. The molecule has 0 aromatic carbocycles. The molecule has 1 aliphatic heterocycles. The smallest absolute Gasteiger partial charge is 0.363 e. The van der Waals surface area contributed by atoms with E-state index >= 15 is 0 Å². The number of aromatic nitrogens is 1. The summed E-state index contributed by atoms with van der Waals surface area (Å²) >= 11 is 0. The van der Waals surface area contributed by atoms with Crippen LogP contribution in [-0.4, -0.2) is 47.4 Å². The third-order valence-corrected chi connectivity index (χ3v) is 3.17. The Labute approximate surface area is 124 Å². The average molecular weight is 297 g/mol.